The first-order valence-corrected chi connectivity index (χ1v) is 10.3. The van der Waals surface area contributed by atoms with E-state index in [-0.39, 0.29) is 12.2 Å². The molecule has 0 spiro atoms. The molecule has 1 saturated carbocycles. The van der Waals surface area contributed by atoms with Gasteiger partial charge in [0.25, 0.3) is 0 Å². The molecule has 1 aliphatic carbocycles. The lowest BCUT2D eigenvalue weighted by atomic mass is 9.80. The lowest BCUT2D eigenvalue weighted by Gasteiger charge is -2.42. The van der Waals surface area contributed by atoms with E-state index in [1.807, 2.05) is 49.4 Å². The summed E-state index contributed by atoms with van der Waals surface area (Å²) in [6.45, 7) is 2.79. The summed E-state index contributed by atoms with van der Waals surface area (Å²) >= 11 is 0. The van der Waals surface area contributed by atoms with E-state index in [2.05, 4.69) is 24.3 Å². The Kier molecular flexibility index (Phi) is 5.59. The minimum absolute atomic E-state index is 0.154. The number of fused-ring (bicyclic) bond motifs is 1. The summed E-state index contributed by atoms with van der Waals surface area (Å²) in [7, 11) is 0. The molecule has 152 valence electrons. The third-order valence-corrected chi connectivity index (χ3v) is 5.86. The molecule has 3 N–H and O–H groups in total. The number of benzene rings is 3. The van der Waals surface area contributed by atoms with Gasteiger partial charge in [0.05, 0.1) is 25.4 Å². The number of aliphatic hydroxyl groups excluding tert-OH is 1. The number of hydrogen-bond acceptors (Lipinski definition) is 4. The molecule has 0 amide bonds. The molecule has 0 heterocycles. The minimum Gasteiger partial charge on any atom is -0.484 e. The predicted molar refractivity (Wildman–Crippen MR) is 116 cm³/mol. The average Bonchev–Trinajstić information content (AvgIpc) is 2.72. The van der Waals surface area contributed by atoms with Gasteiger partial charge in [0, 0.05) is 5.56 Å². The highest BCUT2D eigenvalue weighted by Crippen LogP contribution is 2.41. The average molecular weight is 392 g/mol. The highest BCUT2D eigenvalue weighted by atomic mass is 16.5. The van der Waals surface area contributed by atoms with Gasteiger partial charge in [-0.1, -0.05) is 54.6 Å². The van der Waals surface area contributed by atoms with Crippen molar-refractivity contribution in [2.45, 2.75) is 43.9 Å². The molecule has 0 saturated heterocycles. The first kappa shape index (κ1) is 19.9. The number of aliphatic hydroxyl groups is 1. The molecule has 29 heavy (non-hydrogen) atoms. The van der Waals surface area contributed by atoms with Gasteiger partial charge in [-0.3, -0.25) is 0 Å². The topological polar surface area (TPSA) is 64.7 Å². The van der Waals surface area contributed by atoms with Gasteiger partial charge >= 0.3 is 0 Å². The molecule has 0 bridgehead atoms. The Labute approximate surface area is 172 Å². The normalized spacial score (nSPS) is 17.5. The van der Waals surface area contributed by atoms with Crippen LogP contribution in [-0.2, 0) is 16.9 Å². The summed E-state index contributed by atoms with van der Waals surface area (Å²) in [4.78, 5) is 0. The van der Waals surface area contributed by atoms with Crippen molar-refractivity contribution in [2.24, 2.45) is 5.73 Å². The molecule has 4 rings (SSSR count). The van der Waals surface area contributed by atoms with Gasteiger partial charge in [-0.15, -0.1) is 0 Å². The SMILES string of the molecule is CC(N)(CO)c1cc2ccccc2cc1OC1(COCc2ccccc2)CCC1. The molecule has 1 aliphatic rings. The Morgan fingerprint density at radius 1 is 1.00 bits per heavy atom. The maximum Gasteiger partial charge on any atom is 0.132 e. The van der Waals surface area contributed by atoms with Crippen molar-refractivity contribution in [3.05, 3.63) is 77.9 Å². The van der Waals surface area contributed by atoms with Crippen molar-refractivity contribution in [3.63, 3.8) is 0 Å². The summed E-state index contributed by atoms with van der Waals surface area (Å²) in [6, 6.07) is 22.4. The van der Waals surface area contributed by atoms with Crippen molar-refractivity contribution in [1.82, 2.24) is 0 Å². The van der Waals surface area contributed by atoms with Gasteiger partial charge in [-0.25, -0.2) is 0 Å². The molecule has 0 aromatic heterocycles. The fourth-order valence-corrected chi connectivity index (χ4v) is 3.84. The summed E-state index contributed by atoms with van der Waals surface area (Å²) < 4.78 is 12.6. The van der Waals surface area contributed by atoms with Crippen LogP contribution in [0.1, 0.15) is 37.3 Å². The standard InChI is InChI=1S/C25H29NO3/c1-24(26,17-27)22-14-20-10-5-6-11-21(20)15-23(22)29-25(12-7-13-25)18-28-16-19-8-3-2-4-9-19/h2-6,8-11,14-15,27H,7,12-13,16-18,26H2,1H3. The number of rotatable bonds is 8. The quantitative estimate of drug-likeness (QED) is 0.592. The molecule has 4 heteroatoms. The molecule has 3 aromatic carbocycles. The zero-order valence-corrected chi connectivity index (χ0v) is 16.9. The van der Waals surface area contributed by atoms with Crippen LogP contribution in [0.15, 0.2) is 66.7 Å². The second-order valence-corrected chi connectivity index (χ2v) is 8.39. The van der Waals surface area contributed by atoms with E-state index in [1.165, 1.54) is 0 Å². The van der Waals surface area contributed by atoms with Crippen LogP contribution in [0.3, 0.4) is 0 Å². The molecule has 0 radical (unpaired) electrons. The fraction of sp³-hybridized carbons (Fsp3) is 0.360. The lowest BCUT2D eigenvalue weighted by molar-refractivity contribution is -0.0817. The van der Waals surface area contributed by atoms with E-state index in [0.29, 0.717) is 13.2 Å². The highest BCUT2D eigenvalue weighted by molar-refractivity contribution is 5.85. The second-order valence-electron chi connectivity index (χ2n) is 8.39. The number of ether oxygens (including phenoxy) is 2. The predicted octanol–water partition coefficient (Wildman–Crippen LogP) is 4.52. The van der Waals surface area contributed by atoms with E-state index in [4.69, 9.17) is 15.2 Å². The van der Waals surface area contributed by atoms with Gasteiger partial charge in [0.2, 0.25) is 0 Å². The number of nitrogens with two attached hydrogens (primary N) is 1. The maximum absolute atomic E-state index is 9.88. The van der Waals surface area contributed by atoms with E-state index in [1.54, 1.807) is 0 Å². The molecule has 3 aromatic rings. The fourth-order valence-electron chi connectivity index (χ4n) is 3.84. The van der Waals surface area contributed by atoms with Crippen LogP contribution in [0.4, 0.5) is 0 Å². The summed E-state index contributed by atoms with van der Waals surface area (Å²) in [5.41, 5.74) is 7.19. The summed E-state index contributed by atoms with van der Waals surface area (Å²) in [5.74, 6) is 0.741. The van der Waals surface area contributed by atoms with Gasteiger partial charge in [0.15, 0.2) is 0 Å². The maximum atomic E-state index is 9.88. The lowest BCUT2D eigenvalue weighted by Crippen LogP contribution is -2.48. The Hall–Kier alpha value is -2.40. The van der Waals surface area contributed by atoms with Crippen LogP contribution in [0, 0.1) is 0 Å². The number of hydrogen-bond donors (Lipinski definition) is 2. The van der Waals surface area contributed by atoms with Crippen molar-refractivity contribution in [1.29, 1.82) is 0 Å². The third-order valence-electron chi connectivity index (χ3n) is 5.86. The minimum atomic E-state index is -0.880. The van der Waals surface area contributed by atoms with Crippen LogP contribution in [0.25, 0.3) is 10.8 Å². The smallest absolute Gasteiger partial charge is 0.132 e. The Balaban J connectivity index is 1.58. The molecule has 4 nitrogen and oxygen atoms in total. The monoisotopic (exact) mass is 391 g/mol. The first-order valence-electron chi connectivity index (χ1n) is 10.3. The molecule has 1 unspecified atom stereocenters. The Morgan fingerprint density at radius 2 is 1.66 bits per heavy atom. The second kappa shape index (κ2) is 8.15. The van der Waals surface area contributed by atoms with Crippen LogP contribution >= 0.6 is 0 Å². The zero-order chi connectivity index (χ0) is 20.3. The summed E-state index contributed by atoms with van der Waals surface area (Å²) in [5, 5.41) is 12.1. The van der Waals surface area contributed by atoms with Crippen LogP contribution in [-0.4, -0.2) is 23.9 Å². The Bertz CT molecular complexity index is 964. The van der Waals surface area contributed by atoms with Gasteiger partial charge in [0.1, 0.15) is 11.4 Å². The van der Waals surface area contributed by atoms with Gasteiger partial charge < -0.3 is 20.3 Å². The summed E-state index contributed by atoms with van der Waals surface area (Å²) in [6.07, 6.45) is 3.03. The molecule has 1 atom stereocenters. The highest BCUT2D eigenvalue weighted by Gasteiger charge is 2.41. The third kappa shape index (κ3) is 4.30. The van der Waals surface area contributed by atoms with Crippen molar-refractivity contribution < 1.29 is 14.6 Å². The van der Waals surface area contributed by atoms with Crippen molar-refractivity contribution in [3.8, 4) is 5.75 Å². The van der Waals surface area contributed by atoms with Crippen LogP contribution < -0.4 is 10.5 Å². The largest absolute Gasteiger partial charge is 0.484 e. The Morgan fingerprint density at radius 3 is 2.28 bits per heavy atom. The molecule has 1 fully saturated rings. The van der Waals surface area contributed by atoms with Gasteiger partial charge in [-0.2, -0.15) is 0 Å². The van der Waals surface area contributed by atoms with Crippen LogP contribution in [0.2, 0.25) is 0 Å². The van der Waals surface area contributed by atoms with E-state index >= 15 is 0 Å². The van der Waals surface area contributed by atoms with Gasteiger partial charge in [-0.05, 0) is 54.7 Å². The van der Waals surface area contributed by atoms with Crippen LogP contribution in [0.5, 0.6) is 5.75 Å². The molecular formula is C25H29NO3. The zero-order valence-electron chi connectivity index (χ0n) is 16.9. The van der Waals surface area contributed by atoms with E-state index in [0.717, 1.165) is 46.9 Å². The first-order chi connectivity index (χ1) is 14.0. The van der Waals surface area contributed by atoms with Crippen molar-refractivity contribution in [2.75, 3.05) is 13.2 Å². The van der Waals surface area contributed by atoms with Crippen molar-refractivity contribution >= 4 is 10.8 Å². The van der Waals surface area contributed by atoms with E-state index < -0.39 is 5.54 Å². The molecular weight excluding hydrogens is 362 g/mol. The van der Waals surface area contributed by atoms with E-state index in [9.17, 15) is 5.11 Å². The molecule has 0 aliphatic heterocycles.